The van der Waals surface area contributed by atoms with Crippen molar-refractivity contribution in [3.8, 4) is 0 Å². The molecule has 0 aliphatic carbocycles. The molecule has 1 aromatic heterocycles. The Kier molecular flexibility index (Phi) is 4.97. The van der Waals surface area contributed by atoms with Gasteiger partial charge in [0.25, 0.3) is 0 Å². The van der Waals surface area contributed by atoms with Crippen LogP contribution in [0.15, 0.2) is 36.4 Å². The fourth-order valence-electron chi connectivity index (χ4n) is 2.38. The van der Waals surface area contributed by atoms with Crippen LogP contribution in [-0.2, 0) is 6.54 Å². The number of benzene rings is 1. The van der Waals surface area contributed by atoms with Crippen LogP contribution >= 0.6 is 0 Å². The Morgan fingerprint density at radius 3 is 2.52 bits per heavy atom. The molecule has 0 unspecified atom stereocenters. The number of hydrogen-bond acceptors (Lipinski definition) is 3. The molecule has 0 bridgehead atoms. The predicted octanol–water partition coefficient (Wildman–Crippen LogP) is 3.96. The summed E-state index contributed by atoms with van der Waals surface area (Å²) >= 11 is 0. The van der Waals surface area contributed by atoms with Gasteiger partial charge in [-0.2, -0.15) is 0 Å². The Morgan fingerprint density at radius 1 is 1.14 bits per heavy atom. The molecule has 0 fully saturated rings. The van der Waals surface area contributed by atoms with Crippen molar-refractivity contribution in [1.29, 1.82) is 0 Å². The monoisotopic (exact) mass is 283 g/mol. The van der Waals surface area contributed by atoms with Crippen molar-refractivity contribution >= 4 is 11.5 Å². The van der Waals surface area contributed by atoms with Gasteiger partial charge in [0.15, 0.2) is 0 Å². The molecule has 112 valence electrons. The first-order valence-electron chi connectivity index (χ1n) is 7.47. The molecule has 0 radical (unpaired) electrons. The molecule has 0 saturated heterocycles. The first-order chi connectivity index (χ1) is 9.97. The van der Waals surface area contributed by atoms with E-state index in [0.717, 1.165) is 18.1 Å². The van der Waals surface area contributed by atoms with Gasteiger partial charge in [-0.3, -0.25) is 0 Å². The molecule has 0 amide bonds. The number of nitrogens with one attached hydrogen (secondary N) is 1. The molecule has 1 heterocycles. The minimum atomic E-state index is 0.482. The summed E-state index contributed by atoms with van der Waals surface area (Å²) in [6.07, 6.45) is 0. The largest absolute Gasteiger partial charge is 0.329 e. The van der Waals surface area contributed by atoms with Gasteiger partial charge in [0.2, 0.25) is 0 Å². The fraction of sp³-hybridized carbons (Fsp3) is 0.389. The highest BCUT2D eigenvalue weighted by atomic mass is 15.2. The third-order valence-electron chi connectivity index (χ3n) is 3.53. The predicted molar refractivity (Wildman–Crippen MR) is 90.2 cm³/mol. The van der Waals surface area contributed by atoms with Gasteiger partial charge in [0, 0.05) is 31.0 Å². The first-order valence-corrected chi connectivity index (χ1v) is 7.47. The molecule has 0 aliphatic rings. The lowest BCUT2D eigenvalue weighted by molar-refractivity contribution is 0.588. The van der Waals surface area contributed by atoms with Gasteiger partial charge < -0.3 is 10.2 Å². The molecule has 0 saturated carbocycles. The highest BCUT2D eigenvalue weighted by molar-refractivity contribution is 5.63. The van der Waals surface area contributed by atoms with Crippen molar-refractivity contribution in [2.24, 2.45) is 0 Å². The summed E-state index contributed by atoms with van der Waals surface area (Å²) < 4.78 is 0. The normalized spacial score (nSPS) is 11.0. The number of aryl methyl sites for hydroxylation is 2. The van der Waals surface area contributed by atoms with E-state index in [1.165, 1.54) is 16.8 Å². The number of hydrogen-bond donors (Lipinski definition) is 1. The molecule has 0 atom stereocenters. The van der Waals surface area contributed by atoms with Crippen LogP contribution in [0.5, 0.6) is 0 Å². The van der Waals surface area contributed by atoms with Crippen molar-refractivity contribution in [2.75, 3.05) is 11.9 Å². The molecule has 3 nitrogen and oxygen atoms in total. The summed E-state index contributed by atoms with van der Waals surface area (Å²) in [6.45, 7) is 9.37. The van der Waals surface area contributed by atoms with E-state index in [4.69, 9.17) is 0 Å². The van der Waals surface area contributed by atoms with Crippen molar-refractivity contribution < 1.29 is 0 Å². The number of anilines is 2. The van der Waals surface area contributed by atoms with Gasteiger partial charge in [0.1, 0.15) is 5.82 Å². The van der Waals surface area contributed by atoms with Crippen LogP contribution in [0.2, 0.25) is 0 Å². The summed E-state index contributed by atoms with van der Waals surface area (Å²) in [4.78, 5) is 6.83. The topological polar surface area (TPSA) is 28.2 Å². The molecule has 1 aromatic carbocycles. The zero-order chi connectivity index (χ0) is 15.4. The van der Waals surface area contributed by atoms with E-state index in [0.29, 0.717) is 6.04 Å². The second kappa shape index (κ2) is 6.72. The number of rotatable bonds is 5. The van der Waals surface area contributed by atoms with E-state index in [1.807, 2.05) is 6.92 Å². The second-order valence-electron chi connectivity index (χ2n) is 5.86. The smallest absolute Gasteiger partial charge is 0.133 e. The van der Waals surface area contributed by atoms with Gasteiger partial charge >= 0.3 is 0 Å². The van der Waals surface area contributed by atoms with Crippen LogP contribution in [0.25, 0.3) is 0 Å². The molecule has 3 heteroatoms. The Labute approximate surface area is 128 Å². The maximum absolute atomic E-state index is 4.68. The Morgan fingerprint density at radius 2 is 1.86 bits per heavy atom. The Balaban J connectivity index is 2.29. The van der Waals surface area contributed by atoms with Crippen LogP contribution < -0.4 is 10.2 Å². The fourth-order valence-corrected chi connectivity index (χ4v) is 2.38. The number of pyridine rings is 1. The van der Waals surface area contributed by atoms with E-state index in [-0.39, 0.29) is 0 Å². The molecule has 0 aliphatic heterocycles. The standard InChI is InChI=1S/C18H25N3/c1-13(2)19-12-16-10-15(4)20-18(11-16)21(5)17-9-7-6-8-14(17)3/h6-11,13,19H,12H2,1-5H3. The molecule has 2 rings (SSSR count). The van der Waals surface area contributed by atoms with Gasteiger partial charge in [-0.25, -0.2) is 4.98 Å². The number of para-hydroxylation sites is 1. The molecule has 1 N–H and O–H groups in total. The van der Waals surface area contributed by atoms with Gasteiger partial charge in [-0.1, -0.05) is 32.0 Å². The summed E-state index contributed by atoms with van der Waals surface area (Å²) in [5.41, 5.74) is 4.77. The van der Waals surface area contributed by atoms with E-state index < -0.39 is 0 Å². The lowest BCUT2D eigenvalue weighted by Crippen LogP contribution is -2.22. The Bertz CT molecular complexity index is 605. The van der Waals surface area contributed by atoms with Crippen LogP contribution in [-0.4, -0.2) is 18.1 Å². The van der Waals surface area contributed by atoms with Gasteiger partial charge in [0.05, 0.1) is 0 Å². The zero-order valence-corrected chi connectivity index (χ0v) is 13.6. The SMILES string of the molecule is Cc1cc(CNC(C)C)cc(N(C)c2ccccc2C)n1. The molecular weight excluding hydrogens is 258 g/mol. The summed E-state index contributed by atoms with van der Waals surface area (Å²) in [7, 11) is 2.07. The molecular formula is C18H25N3. The number of aromatic nitrogens is 1. The van der Waals surface area contributed by atoms with Gasteiger partial charge in [-0.05, 0) is 43.2 Å². The first kappa shape index (κ1) is 15.5. The average molecular weight is 283 g/mol. The zero-order valence-electron chi connectivity index (χ0n) is 13.6. The lowest BCUT2D eigenvalue weighted by atomic mass is 10.1. The van der Waals surface area contributed by atoms with Crippen molar-refractivity contribution in [2.45, 2.75) is 40.3 Å². The quantitative estimate of drug-likeness (QED) is 0.900. The average Bonchev–Trinajstić information content (AvgIpc) is 2.44. The van der Waals surface area contributed by atoms with Gasteiger partial charge in [-0.15, -0.1) is 0 Å². The summed E-state index contributed by atoms with van der Waals surface area (Å²) in [5.74, 6) is 0.991. The van der Waals surface area contributed by atoms with Crippen LogP contribution in [0.3, 0.4) is 0 Å². The third kappa shape index (κ3) is 4.05. The van der Waals surface area contributed by atoms with Crippen molar-refractivity contribution in [1.82, 2.24) is 10.3 Å². The van der Waals surface area contributed by atoms with E-state index in [2.05, 4.69) is 79.4 Å². The van der Waals surface area contributed by atoms with E-state index >= 15 is 0 Å². The minimum Gasteiger partial charge on any atom is -0.329 e. The Hall–Kier alpha value is -1.87. The highest BCUT2D eigenvalue weighted by Crippen LogP contribution is 2.26. The van der Waals surface area contributed by atoms with Crippen LogP contribution in [0.1, 0.15) is 30.7 Å². The lowest BCUT2D eigenvalue weighted by Gasteiger charge is -2.22. The maximum Gasteiger partial charge on any atom is 0.133 e. The number of nitrogens with zero attached hydrogens (tertiary/aromatic N) is 2. The van der Waals surface area contributed by atoms with Crippen LogP contribution in [0.4, 0.5) is 11.5 Å². The second-order valence-corrected chi connectivity index (χ2v) is 5.86. The van der Waals surface area contributed by atoms with E-state index in [1.54, 1.807) is 0 Å². The third-order valence-corrected chi connectivity index (χ3v) is 3.53. The highest BCUT2D eigenvalue weighted by Gasteiger charge is 2.09. The van der Waals surface area contributed by atoms with Crippen LogP contribution in [0, 0.1) is 13.8 Å². The molecule has 21 heavy (non-hydrogen) atoms. The van der Waals surface area contributed by atoms with Crippen molar-refractivity contribution in [3.05, 3.63) is 53.2 Å². The minimum absolute atomic E-state index is 0.482. The summed E-state index contributed by atoms with van der Waals surface area (Å²) in [5, 5.41) is 3.46. The molecule has 2 aromatic rings. The summed E-state index contributed by atoms with van der Waals surface area (Å²) in [6, 6.07) is 13.2. The maximum atomic E-state index is 4.68. The van der Waals surface area contributed by atoms with E-state index in [9.17, 15) is 0 Å². The molecule has 0 spiro atoms. The van der Waals surface area contributed by atoms with Crippen molar-refractivity contribution in [3.63, 3.8) is 0 Å².